The molecule has 4 nitrogen and oxygen atoms in total. The summed E-state index contributed by atoms with van der Waals surface area (Å²) < 4.78 is 0. The van der Waals surface area contributed by atoms with Crippen molar-refractivity contribution >= 4 is 0 Å². The minimum absolute atomic E-state index is 0.556. The van der Waals surface area contributed by atoms with Gasteiger partial charge in [0.05, 0.1) is 5.69 Å². The summed E-state index contributed by atoms with van der Waals surface area (Å²) >= 11 is 0. The zero-order valence-corrected chi connectivity index (χ0v) is 9.37. The predicted molar refractivity (Wildman–Crippen MR) is 60.6 cm³/mol. The van der Waals surface area contributed by atoms with E-state index < -0.39 is 0 Å². The minimum Gasteiger partial charge on any atom is -0.325 e. The van der Waals surface area contributed by atoms with Gasteiger partial charge in [-0.2, -0.15) is 5.10 Å². The quantitative estimate of drug-likeness (QED) is 0.781. The van der Waals surface area contributed by atoms with Crippen LogP contribution in [-0.2, 0) is 6.54 Å². The fourth-order valence-electron chi connectivity index (χ4n) is 2.24. The van der Waals surface area contributed by atoms with Crippen molar-refractivity contribution in [3.63, 3.8) is 0 Å². The van der Waals surface area contributed by atoms with Crippen molar-refractivity contribution in [2.24, 2.45) is 5.73 Å². The second-order valence-corrected chi connectivity index (χ2v) is 4.23. The van der Waals surface area contributed by atoms with Crippen molar-refractivity contribution in [3.05, 3.63) is 17.5 Å². The first kappa shape index (κ1) is 10.6. The van der Waals surface area contributed by atoms with E-state index in [2.05, 4.69) is 28.1 Å². The molecule has 0 saturated carbocycles. The Hall–Kier alpha value is -0.870. The fourth-order valence-corrected chi connectivity index (χ4v) is 2.24. The highest BCUT2D eigenvalue weighted by atomic mass is 15.1. The summed E-state index contributed by atoms with van der Waals surface area (Å²) in [4.78, 5) is 2.49. The highest BCUT2D eigenvalue weighted by Crippen LogP contribution is 2.26. The van der Waals surface area contributed by atoms with Crippen LogP contribution in [0.1, 0.15) is 37.1 Å². The van der Waals surface area contributed by atoms with Gasteiger partial charge in [0.1, 0.15) is 0 Å². The van der Waals surface area contributed by atoms with Crippen LogP contribution in [0.3, 0.4) is 0 Å². The Morgan fingerprint density at radius 1 is 1.53 bits per heavy atom. The third-order valence-electron chi connectivity index (χ3n) is 3.32. The molecule has 2 rings (SSSR count). The van der Waals surface area contributed by atoms with Crippen LogP contribution in [0, 0.1) is 0 Å². The van der Waals surface area contributed by atoms with Gasteiger partial charge < -0.3 is 10.6 Å². The zero-order chi connectivity index (χ0) is 10.7. The second kappa shape index (κ2) is 4.77. The lowest BCUT2D eigenvalue weighted by molar-refractivity contribution is 0.221. The van der Waals surface area contributed by atoms with Crippen LogP contribution in [0.5, 0.6) is 0 Å². The van der Waals surface area contributed by atoms with Crippen LogP contribution < -0.4 is 5.73 Å². The van der Waals surface area contributed by atoms with Gasteiger partial charge in [-0.1, -0.05) is 6.92 Å². The first-order valence-corrected chi connectivity index (χ1v) is 5.80. The lowest BCUT2D eigenvalue weighted by atomic mass is 9.93. The Kier molecular flexibility index (Phi) is 3.38. The summed E-state index contributed by atoms with van der Waals surface area (Å²) in [5.74, 6) is 0.629. The lowest BCUT2D eigenvalue weighted by Crippen LogP contribution is -2.32. The second-order valence-electron chi connectivity index (χ2n) is 4.23. The number of piperidine rings is 1. The maximum atomic E-state index is 5.56. The summed E-state index contributed by atoms with van der Waals surface area (Å²) in [6, 6.07) is 2.12. The number of nitrogens with zero attached hydrogens (tertiary/aromatic N) is 2. The van der Waals surface area contributed by atoms with Gasteiger partial charge >= 0.3 is 0 Å². The van der Waals surface area contributed by atoms with Crippen molar-refractivity contribution in [2.45, 2.75) is 32.2 Å². The number of hydrogen-bond donors (Lipinski definition) is 2. The van der Waals surface area contributed by atoms with Crippen LogP contribution >= 0.6 is 0 Å². The number of aromatic amines is 1. The highest BCUT2D eigenvalue weighted by Gasteiger charge is 2.21. The first-order valence-electron chi connectivity index (χ1n) is 5.80. The first-order chi connectivity index (χ1) is 7.33. The smallest absolute Gasteiger partial charge is 0.0657 e. The standard InChI is InChI=1S/C11H20N4/c1-2-15-5-3-9(4-6-15)11-7-10(8-12)13-14-11/h7,9H,2-6,8,12H2,1H3,(H,13,14). The van der Waals surface area contributed by atoms with E-state index in [1.54, 1.807) is 0 Å². The van der Waals surface area contributed by atoms with Gasteiger partial charge in [-0.25, -0.2) is 0 Å². The monoisotopic (exact) mass is 208 g/mol. The number of nitrogens with two attached hydrogens (primary N) is 1. The van der Waals surface area contributed by atoms with Crippen molar-refractivity contribution in [2.75, 3.05) is 19.6 Å². The highest BCUT2D eigenvalue weighted by molar-refractivity contribution is 5.13. The van der Waals surface area contributed by atoms with Crippen LogP contribution in [-0.4, -0.2) is 34.7 Å². The molecule has 0 radical (unpaired) electrons. The SMILES string of the molecule is CCN1CCC(c2cc(CN)[nH]n2)CC1. The van der Waals surface area contributed by atoms with Crippen LogP contribution in [0.15, 0.2) is 6.07 Å². The molecule has 15 heavy (non-hydrogen) atoms. The third-order valence-corrected chi connectivity index (χ3v) is 3.32. The molecule has 4 heteroatoms. The number of nitrogens with one attached hydrogen (secondary N) is 1. The molecule has 1 aromatic rings. The molecule has 1 aliphatic rings. The number of aromatic nitrogens is 2. The molecule has 84 valence electrons. The average Bonchev–Trinajstić information content (AvgIpc) is 2.78. The summed E-state index contributed by atoms with van der Waals surface area (Å²) in [5, 5.41) is 7.33. The number of H-pyrrole nitrogens is 1. The van der Waals surface area contributed by atoms with Crippen molar-refractivity contribution in [1.29, 1.82) is 0 Å². The van der Waals surface area contributed by atoms with Crippen LogP contribution in [0.25, 0.3) is 0 Å². The van der Waals surface area contributed by atoms with E-state index in [1.807, 2.05) is 0 Å². The zero-order valence-electron chi connectivity index (χ0n) is 9.37. The average molecular weight is 208 g/mol. The van der Waals surface area contributed by atoms with E-state index in [1.165, 1.54) is 38.2 Å². The predicted octanol–water partition coefficient (Wildman–Crippen LogP) is 1.07. The van der Waals surface area contributed by atoms with E-state index in [9.17, 15) is 0 Å². The van der Waals surface area contributed by atoms with Gasteiger partial charge in [0.2, 0.25) is 0 Å². The van der Waals surface area contributed by atoms with Crippen LogP contribution in [0.2, 0.25) is 0 Å². The fraction of sp³-hybridized carbons (Fsp3) is 0.727. The molecule has 1 saturated heterocycles. The summed E-state index contributed by atoms with van der Waals surface area (Å²) in [7, 11) is 0. The molecule has 0 bridgehead atoms. The molecule has 2 heterocycles. The van der Waals surface area contributed by atoms with E-state index in [0.717, 1.165) is 5.69 Å². The molecule has 0 aliphatic carbocycles. The van der Waals surface area contributed by atoms with Gasteiger partial charge in [0, 0.05) is 18.2 Å². The molecule has 0 amide bonds. The number of hydrogen-bond acceptors (Lipinski definition) is 3. The summed E-state index contributed by atoms with van der Waals surface area (Å²) in [6.07, 6.45) is 2.45. The Bertz CT molecular complexity index is 299. The molecule has 0 atom stereocenters. The van der Waals surface area contributed by atoms with Crippen molar-refractivity contribution in [3.8, 4) is 0 Å². The maximum absolute atomic E-state index is 5.56. The minimum atomic E-state index is 0.556. The summed E-state index contributed by atoms with van der Waals surface area (Å²) in [5.41, 5.74) is 7.80. The lowest BCUT2D eigenvalue weighted by Gasteiger charge is -2.29. The topological polar surface area (TPSA) is 57.9 Å². The molecular weight excluding hydrogens is 188 g/mol. The van der Waals surface area contributed by atoms with Crippen LogP contribution in [0.4, 0.5) is 0 Å². The Morgan fingerprint density at radius 3 is 2.80 bits per heavy atom. The number of likely N-dealkylation sites (tertiary alicyclic amines) is 1. The summed E-state index contributed by atoms with van der Waals surface area (Å²) in [6.45, 7) is 6.35. The van der Waals surface area contributed by atoms with E-state index in [-0.39, 0.29) is 0 Å². The molecular formula is C11H20N4. The number of rotatable bonds is 3. The molecule has 1 aromatic heterocycles. The molecule has 0 unspecified atom stereocenters. The van der Waals surface area contributed by atoms with Gasteiger partial charge in [0.25, 0.3) is 0 Å². The van der Waals surface area contributed by atoms with E-state index in [4.69, 9.17) is 5.73 Å². The Balaban J connectivity index is 1.95. The van der Waals surface area contributed by atoms with E-state index >= 15 is 0 Å². The van der Waals surface area contributed by atoms with Gasteiger partial charge in [-0.05, 0) is 38.5 Å². The van der Waals surface area contributed by atoms with Crippen molar-refractivity contribution in [1.82, 2.24) is 15.1 Å². The molecule has 0 aromatic carbocycles. The third kappa shape index (κ3) is 2.38. The molecule has 0 spiro atoms. The van der Waals surface area contributed by atoms with Gasteiger partial charge in [-0.3, -0.25) is 5.10 Å². The molecule has 3 N–H and O–H groups in total. The van der Waals surface area contributed by atoms with Crippen molar-refractivity contribution < 1.29 is 0 Å². The molecule has 1 fully saturated rings. The van der Waals surface area contributed by atoms with Gasteiger partial charge in [0.15, 0.2) is 0 Å². The van der Waals surface area contributed by atoms with Gasteiger partial charge in [-0.15, -0.1) is 0 Å². The molecule has 1 aliphatic heterocycles. The largest absolute Gasteiger partial charge is 0.325 e. The maximum Gasteiger partial charge on any atom is 0.0657 e. The Labute approximate surface area is 90.8 Å². The van der Waals surface area contributed by atoms with E-state index in [0.29, 0.717) is 12.5 Å². The normalized spacial score (nSPS) is 19.6. The Morgan fingerprint density at radius 2 is 2.27 bits per heavy atom.